The number of halogens is 1. The molecule has 2 aromatic carbocycles. The molecule has 1 N–H and O–H groups in total. The van der Waals surface area contributed by atoms with Crippen LogP contribution >= 0.6 is 15.9 Å². The van der Waals surface area contributed by atoms with Gasteiger partial charge in [0.25, 0.3) is 0 Å². The molecule has 0 aliphatic carbocycles. The zero-order valence-electron chi connectivity index (χ0n) is 14.6. The van der Waals surface area contributed by atoms with Crippen LogP contribution in [0, 0.1) is 6.92 Å². The average Bonchev–Trinajstić information content (AvgIpc) is 2.98. The SMILES string of the molecule is Cc1ccc2c(CC(=O)N(C)CC(=O)Nc3ccccc3Br)coc2c1. The quantitative estimate of drug-likeness (QED) is 0.681. The fourth-order valence-electron chi connectivity index (χ4n) is 2.68. The van der Waals surface area contributed by atoms with E-state index in [0.717, 1.165) is 26.6 Å². The van der Waals surface area contributed by atoms with Gasteiger partial charge in [0.05, 0.1) is 24.9 Å². The maximum atomic E-state index is 12.5. The Balaban J connectivity index is 1.62. The standard InChI is InChI=1S/C20H19BrN2O3/c1-13-7-8-15-14(12-26-18(15)9-13)10-20(25)23(2)11-19(24)22-17-6-4-3-5-16(17)21/h3-9,12H,10-11H2,1-2H3,(H,22,24). The minimum absolute atomic E-state index is 0.0188. The zero-order chi connectivity index (χ0) is 18.7. The summed E-state index contributed by atoms with van der Waals surface area (Å²) in [4.78, 5) is 26.1. The Hall–Kier alpha value is -2.60. The van der Waals surface area contributed by atoms with Crippen LogP contribution in [0.4, 0.5) is 5.69 Å². The van der Waals surface area contributed by atoms with Crippen LogP contribution < -0.4 is 5.32 Å². The van der Waals surface area contributed by atoms with E-state index < -0.39 is 0 Å². The lowest BCUT2D eigenvalue weighted by Crippen LogP contribution is -2.35. The molecule has 0 saturated heterocycles. The van der Waals surface area contributed by atoms with Crippen molar-refractivity contribution in [2.45, 2.75) is 13.3 Å². The Kier molecular flexibility index (Phi) is 5.42. The van der Waals surface area contributed by atoms with Crippen molar-refractivity contribution in [1.29, 1.82) is 0 Å². The Morgan fingerprint density at radius 3 is 2.73 bits per heavy atom. The van der Waals surface area contributed by atoms with Gasteiger partial charge in [-0.25, -0.2) is 0 Å². The highest BCUT2D eigenvalue weighted by Gasteiger charge is 2.17. The second kappa shape index (κ2) is 7.74. The minimum Gasteiger partial charge on any atom is -0.464 e. The molecule has 1 aromatic heterocycles. The summed E-state index contributed by atoms with van der Waals surface area (Å²) in [5, 5.41) is 3.72. The molecule has 0 fully saturated rings. The van der Waals surface area contributed by atoms with E-state index in [4.69, 9.17) is 4.42 Å². The van der Waals surface area contributed by atoms with E-state index in [2.05, 4.69) is 21.2 Å². The molecule has 0 spiro atoms. The van der Waals surface area contributed by atoms with Crippen LogP contribution in [0.1, 0.15) is 11.1 Å². The molecule has 1 heterocycles. The third-order valence-corrected chi connectivity index (χ3v) is 4.80. The van der Waals surface area contributed by atoms with Crippen molar-refractivity contribution >= 4 is 44.4 Å². The number of fused-ring (bicyclic) bond motifs is 1. The number of hydrogen-bond donors (Lipinski definition) is 1. The Morgan fingerprint density at radius 2 is 1.96 bits per heavy atom. The summed E-state index contributed by atoms with van der Waals surface area (Å²) >= 11 is 3.38. The highest BCUT2D eigenvalue weighted by molar-refractivity contribution is 9.10. The molecule has 0 aliphatic rings. The number of nitrogens with zero attached hydrogens (tertiary/aromatic N) is 1. The topological polar surface area (TPSA) is 62.6 Å². The van der Waals surface area contributed by atoms with E-state index in [-0.39, 0.29) is 24.8 Å². The summed E-state index contributed by atoms with van der Waals surface area (Å²) in [6, 6.07) is 13.2. The average molecular weight is 415 g/mol. The Bertz CT molecular complexity index is 965. The monoisotopic (exact) mass is 414 g/mol. The number of para-hydroxylation sites is 1. The third kappa shape index (κ3) is 4.14. The van der Waals surface area contributed by atoms with E-state index in [1.165, 1.54) is 4.90 Å². The molecule has 0 aliphatic heterocycles. The maximum absolute atomic E-state index is 12.5. The molecule has 0 atom stereocenters. The summed E-state index contributed by atoms with van der Waals surface area (Å²) in [5.41, 5.74) is 3.37. The highest BCUT2D eigenvalue weighted by atomic mass is 79.9. The van der Waals surface area contributed by atoms with Crippen molar-refractivity contribution in [3.8, 4) is 0 Å². The molecule has 26 heavy (non-hydrogen) atoms. The van der Waals surface area contributed by atoms with Crippen LogP contribution in [0.25, 0.3) is 11.0 Å². The molecule has 3 aromatic rings. The van der Waals surface area contributed by atoms with Gasteiger partial charge in [-0.2, -0.15) is 0 Å². The number of carbonyl (C=O) groups is 2. The molecule has 0 radical (unpaired) electrons. The second-order valence-corrected chi connectivity index (χ2v) is 7.07. The van der Waals surface area contributed by atoms with E-state index in [1.54, 1.807) is 19.4 Å². The first-order valence-electron chi connectivity index (χ1n) is 8.19. The third-order valence-electron chi connectivity index (χ3n) is 4.11. The number of furan rings is 1. The van der Waals surface area contributed by atoms with Gasteiger partial charge in [-0.1, -0.05) is 24.3 Å². The zero-order valence-corrected chi connectivity index (χ0v) is 16.2. The number of hydrogen-bond acceptors (Lipinski definition) is 3. The van der Waals surface area contributed by atoms with Crippen molar-refractivity contribution < 1.29 is 14.0 Å². The van der Waals surface area contributed by atoms with Gasteiger partial charge in [0.15, 0.2) is 0 Å². The number of likely N-dealkylation sites (N-methyl/N-ethyl adjacent to an activating group) is 1. The van der Waals surface area contributed by atoms with Gasteiger partial charge in [-0.15, -0.1) is 0 Å². The molecular formula is C20H19BrN2O3. The lowest BCUT2D eigenvalue weighted by Gasteiger charge is -2.17. The molecule has 3 rings (SSSR count). The molecule has 134 valence electrons. The fourth-order valence-corrected chi connectivity index (χ4v) is 3.07. The van der Waals surface area contributed by atoms with Crippen LogP contribution in [0.3, 0.4) is 0 Å². The molecule has 0 saturated carbocycles. The van der Waals surface area contributed by atoms with E-state index in [1.807, 2.05) is 43.3 Å². The molecular weight excluding hydrogens is 396 g/mol. The first-order valence-corrected chi connectivity index (χ1v) is 8.98. The largest absolute Gasteiger partial charge is 0.464 e. The summed E-state index contributed by atoms with van der Waals surface area (Å²) in [6.45, 7) is 1.97. The number of carbonyl (C=O) groups excluding carboxylic acids is 2. The van der Waals surface area contributed by atoms with Crippen molar-refractivity contribution in [3.63, 3.8) is 0 Å². The summed E-state index contributed by atoms with van der Waals surface area (Å²) < 4.78 is 6.32. The van der Waals surface area contributed by atoms with Gasteiger partial charge in [0.2, 0.25) is 11.8 Å². The second-order valence-electron chi connectivity index (χ2n) is 6.22. The van der Waals surface area contributed by atoms with Crippen molar-refractivity contribution in [2.75, 3.05) is 18.9 Å². The van der Waals surface area contributed by atoms with Crippen molar-refractivity contribution in [3.05, 3.63) is 64.3 Å². The number of benzene rings is 2. The minimum atomic E-state index is -0.250. The maximum Gasteiger partial charge on any atom is 0.244 e. The van der Waals surface area contributed by atoms with Gasteiger partial charge in [0.1, 0.15) is 5.58 Å². The summed E-state index contributed by atoms with van der Waals surface area (Å²) in [7, 11) is 1.62. The summed E-state index contributed by atoms with van der Waals surface area (Å²) in [6.07, 6.45) is 1.80. The first kappa shape index (κ1) is 18.2. The Labute approximate surface area is 160 Å². The highest BCUT2D eigenvalue weighted by Crippen LogP contribution is 2.23. The van der Waals surface area contributed by atoms with Crippen LogP contribution in [-0.2, 0) is 16.0 Å². The smallest absolute Gasteiger partial charge is 0.244 e. The predicted molar refractivity (Wildman–Crippen MR) is 105 cm³/mol. The molecule has 2 amide bonds. The first-order chi connectivity index (χ1) is 12.4. The summed E-state index contributed by atoms with van der Waals surface area (Å²) in [5.74, 6) is -0.393. The molecule has 5 nitrogen and oxygen atoms in total. The lowest BCUT2D eigenvalue weighted by atomic mass is 10.1. The number of anilines is 1. The van der Waals surface area contributed by atoms with Gasteiger partial charge in [-0.05, 0) is 46.6 Å². The number of aryl methyl sites for hydroxylation is 1. The molecule has 6 heteroatoms. The lowest BCUT2D eigenvalue weighted by molar-refractivity contribution is -0.132. The normalized spacial score (nSPS) is 10.7. The van der Waals surface area contributed by atoms with Crippen LogP contribution in [0.15, 0.2) is 57.6 Å². The van der Waals surface area contributed by atoms with Gasteiger partial charge in [-0.3, -0.25) is 9.59 Å². The van der Waals surface area contributed by atoms with Gasteiger partial charge < -0.3 is 14.6 Å². The van der Waals surface area contributed by atoms with E-state index in [0.29, 0.717) is 5.69 Å². The number of nitrogens with one attached hydrogen (secondary N) is 1. The van der Waals surface area contributed by atoms with Crippen LogP contribution in [0.2, 0.25) is 0 Å². The fraction of sp³-hybridized carbons (Fsp3) is 0.200. The molecule has 0 unspecified atom stereocenters. The van der Waals surface area contributed by atoms with Gasteiger partial charge >= 0.3 is 0 Å². The van der Waals surface area contributed by atoms with Gasteiger partial charge in [0, 0.05) is 22.5 Å². The Morgan fingerprint density at radius 1 is 1.19 bits per heavy atom. The van der Waals surface area contributed by atoms with Crippen LogP contribution in [0.5, 0.6) is 0 Å². The van der Waals surface area contributed by atoms with Crippen molar-refractivity contribution in [2.24, 2.45) is 0 Å². The van der Waals surface area contributed by atoms with Crippen LogP contribution in [-0.4, -0.2) is 30.3 Å². The van der Waals surface area contributed by atoms with E-state index in [9.17, 15) is 9.59 Å². The molecule has 0 bridgehead atoms. The predicted octanol–water partition coefficient (Wildman–Crippen LogP) is 4.14. The van der Waals surface area contributed by atoms with Crippen molar-refractivity contribution in [1.82, 2.24) is 4.90 Å². The number of amides is 2. The number of rotatable bonds is 5. The van der Waals surface area contributed by atoms with E-state index >= 15 is 0 Å².